The smallest absolute Gasteiger partial charge is 0.134 e. The van der Waals surface area contributed by atoms with E-state index in [1.807, 2.05) is 22.9 Å². The molecule has 1 aliphatic rings. The van der Waals surface area contributed by atoms with Gasteiger partial charge in [0.15, 0.2) is 0 Å². The highest BCUT2D eigenvalue weighted by Crippen LogP contribution is 2.34. The predicted octanol–water partition coefficient (Wildman–Crippen LogP) is 4.05. The lowest BCUT2D eigenvalue weighted by atomic mass is 9.86. The van der Waals surface area contributed by atoms with Crippen molar-refractivity contribution in [3.63, 3.8) is 0 Å². The van der Waals surface area contributed by atoms with Crippen molar-refractivity contribution in [2.45, 2.75) is 51.7 Å². The summed E-state index contributed by atoms with van der Waals surface area (Å²) in [6.07, 6.45) is 4.04. The Hall–Kier alpha value is -2.14. The number of nitrogens with zero attached hydrogens (tertiary/aromatic N) is 3. The molecule has 0 saturated carbocycles. The minimum Gasteiger partial charge on any atom is -0.459 e. The van der Waals surface area contributed by atoms with Crippen molar-refractivity contribution < 1.29 is 9.15 Å². The van der Waals surface area contributed by atoms with Crippen LogP contribution in [0.2, 0.25) is 0 Å². The first-order valence-electron chi connectivity index (χ1n) is 8.53. The molecule has 0 bridgehead atoms. The number of para-hydroxylation sites is 1. The van der Waals surface area contributed by atoms with E-state index in [1.165, 1.54) is 10.9 Å². The molecule has 5 nitrogen and oxygen atoms in total. The summed E-state index contributed by atoms with van der Waals surface area (Å²) in [6, 6.07) is 8.13. The fraction of sp³-hybridized carbons (Fsp3) is 0.474. The molecule has 0 spiro atoms. The van der Waals surface area contributed by atoms with Crippen molar-refractivity contribution >= 4 is 11.0 Å². The van der Waals surface area contributed by atoms with Gasteiger partial charge >= 0.3 is 0 Å². The molecule has 24 heavy (non-hydrogen) atoms. The van der Waals surface area contributed by atoms with Gasteiger partial charge in [0.2, 0.25) is 0 Å². The number of fused-ring (bicyclic) bond motifs is 1. The number of ether oxygens (including phenoxy) is 1. The Kier molecular flexibility index (Phi) is 3.68. The SMILES string of the molecule is Cc1c(Cn2cc([C@H]3CCOC(C)(C)C3)nn2)oc2ccccc12. The molecule has 0 aliphatic carbocycles. The van der Waals surface area contributed by atoms with Gasteiger partial charge in [0.1, 0.15) is 17.9 Å². The van der Waals surface area contributed by atoms with Gasteiger partial charge in [-0.1, -0.05) is 23.4 Å². The van der Waals surface area contributed by atoms with Gasteiger partial charge in [0, 0.05) is 29.7 Å². The lowest BCUT2D eigenvalue weighted by Crippen LogP contribution is -2.33. The van der Waals surface area contributed by atoms with Crippen LogP contribution in [0.4, 0.5) is 0 Å². The van der Waals surface area contributed by atoms with Crippen LogP contribution in [0.15, 0.2) is 34.9 Å². The van der Waals surface area contributed by atoms with E-state index in [0.717, 1.165) is 36.5 Å². The molecule has 0 unspecified atom stereocenters. The molecule has 4 rings (SSSR count). The highest BCUT2D eigenvalue weighted by atomic mass is 16.5. The van der Waals surface area contributed by atoms with Gasteiger partial charge < -0.3 is 9.15 Å². The molecular weight excluding hydrogens is 302 g/mol. The highest BCUT2D eigenvalue weighted by molar-refractivity contribution is 5.81. The summed E-state index contributed by atoms with van der Waals surface area (Å²) in [5.41, 5.74) is 3.08. The monoisotopic (exact) mass is 325 g/mol. The lowest BCUT2D eigenvalue weighted by molar-refractivity contribution is -0.0597. The molecule has 0 amide bonds. The molecule has 2 aromatic heterocycles. The molecule has 1 aliphatic heterocycles. The standard InChI is InChI=1S/C19H23N3O2/c1-13-15-6-4-5-7-17(15)24-18(13)12-22-11-16(20-21-22)14-8-9-23-19(2,3)10-14/h4-7,11,14H,8-10,12H2,1-3H3/t14-/m0/s1. The first kappa shape index (κ1) is 15.4. The third-order valence-corrected chi connectivity index (χ3v) is 4.92. The number of rotatable bonds is 3. The van der Waals surface area contributed by atoms with E-state index in [1.54, 1.807) is 0 Å². The Bertz CT molecular complexity index is 863. The fourth-order valence-electron chi connectivity index (χ4n) is 3.58. The number of benzene rings is 1. The van der Waals surface area contributed by atoms with Gasteiger partial charge in [-0.2, -0.15) is 0 Å². The molecule has 126 valence electrons. The second kappa shape index (κ2) is 5.74. The average Bonchev–Trinajstić information content (AvgIpc) is 3.13. The second-order valence-corrected chi connectivity index (χ2v) is 7.29. The number of hydrogen-bond donors (Lipinski definition) is 0. The van der Waals surface area contributed by atoms with Crippen molar-refractivity contribution in [1.82, 2.24) is 15.0 Å². The molecule has 3 heterocycles. The summed E-state index contributed by atoms with van der Waals surface area (Å²) in [5, 5.41) is 9.88. The van der Waals surface area contributed by atoms with E-state index in [-0.39, 0.29) is 5.60 Å². The molecular formula is C19H23N3O2. The van der Waals surface area contributed by atoms with Crippen LogP contribution in [-0.2, 0) is 11.3 Å². The van der Waals surface area contributed by atoms with E-state index in [9.17, 15) is 0 Å². The largest absolute Gasteiger partial charge is 0.459 e. The van der Waals surface area contributed by atoms with Crippen LogP contribution in [-0.4, -0.2) is 27.2 Å². The van der Waals surface area contributed by atoms with Crippen LogP contribution in [0.3, 0.4) is 0 Å². The normalized spacial score (nSPS) is 20.5. The van der Waals surface area contributed by atoms with E-state index < -0.39 is 0 Å². The fourth-order valence-corrected chi connectivity index (χ4v) is 3.58. The van der Waals surface area contributed by atoms with Crippen molar-refractivity contribution in [3.8, 4) is 0 Å². The zero-order valence-electron chi connectivity index (χ0n) is 14.5. The number of aromatic nitrogens is 3. The zero-order chi connectivity index (χ0) is 16.7. The van der Waals surface area contributed by atoms with Crippen molar-refractivity contribution in [3.05, 3.63) is 47.5 Å². The first-order valence-corrected chi connectivity index (χ1v) is 8.53. The molecule has 1 saturated heterocycles. The van der Waals surface area contributed by atoms with Gasteiger partial charge in [-0.3, -0.25) is 0 Å². The van der Waals surface area contributed by atoms with Gasteiger partial charge in [-0.25, -0.2) is 4.68 Å². The summed E-state index contributed by atoms with van der Waals surface area (Å²) >= 11 is 0. The number of aryl methyl sites for hydroxylation is 1. The van der Waals surface area contributed by atoms with Crippen LogP contribution < -0.4 is 0 Å². The Balaban J connectivity index is 1.55. The maximum atomic E-state index is 5.98. The van der Waals surface area contributed by atoms with E-state index in [2.05, 4.69) is 43.3 Å². The Morgan fingerprint density at radius 2 is 2.12 bits per heavy atom. The summed E-state index contributed by atoms with van der Waals surface area (Å²) in [7, 11) is 0. The number of furan rings is 1. The van der Waals surface area contributed by atoms with E-state index >= 15 is 0 Å². The van der Waals surface area contributed by atoms with E-state index in [0.29, 0.717) is 12.5 Å². The molecule has 3 aromatic rings. The molecule has 1 atom stereocenters. The minimum absolute atomic E-state index is 0.0813. The van der Waals surface area contributed by atoms with E-state index in [4.69, 9.17) is 9.15 Å². The van der Waals surface area contributed by atoms with Crippen molar-refractivity contribution in [2.75, 3.05) is 6.61 Å². The van der Waals surface area contributed by atoms with Crippen LogP contribution in [0.1, 0.15) is 49.6 Å². The quantitative estimate of drug-likeness (QED) is 0.729. The van der Waals surface area contributed by atoms with Crippen LogP contribution in [0.25, 0.3) is 11.0 Å². The highest BCUT2D eigenvalue weighted by Gasteiger charge is 2.31. The summed E-state index contributed by atoms with van der Waals surface area (Å²) in [5.74, 6) is 1.36. The second-order valence-electron chi connectivity index (χ2n) is 7.29. The first-order chi connectivity index (χ1) is 11.5. The van der Waals surface area contributed by atoms with Gasteiger partial charge in [0.25, 0.3) is 0 Å². The van der Waals surface area contributed by atoms with Gasteiger partial charge in [0.05, 0.1) is 11.3 Å². The van der Waals surface area contributed by atoms with Crippen LogP contribution in [0.5, 0.6) is 0 Å². The summed E-state index contributed by atoms with van der Waals surface area (Å²) in [6.45, 7) is 7.77. The molecule has 1 fully saturated rings. The Morgan fingerprint density at radius 1 is 1.29 bits per heavy atom. The average molecular weight is 325 g/mol. The van der Waals surface area contributed by atoms with Crippen molar-refractivity contribution in [1.29, 1.82) is 0 Å². The lowest BCUT2D eigenvalue weighted by Gasteiger charge is -2.34. The van der Waals surface area contributed by atoms with Crippen molar-refractivity contribution in [2.24, 2.45) is 0 Å². The Labute approximate surface area is 141 Å². The maximum absolute atomic E-state index is 5.98. The molecule has 5 heteroatoms. The molecule has 0 radical (unpaired) electrons. The minimum atomic E-state index is -0.0813. The third-order valence-electron chi connectivity index (χ3n) is 4.92. The third kappa shape index (κ3) is 2.84. The maximum Gasteiger partial charge on any atom is 0.134 e. The molecule has 0 N–H and O–H groups in total. The zero-order valence-corrected chi connectivity index (χ0v) is 14.5. The number of hydrogen-bond acceptors (Lipinski definition) is 4. The topological polar surface area (TPSA) is 53.1 Å². The molecule has 1 aromatic carbocycles. The summed E-state index contributed by atoms with van der Waals surface area (Å²) in [4.78, 5) is 0. The van der Waals surface area contributed by atoms with Gasteiger partial charge in [-0.05, 0) is 39.7 Å². The van der Waals surface area contributed by atoms with Crippen LogP contribution in [0, 0.1) is 6.92 Å². The predicted molar refractivity (Wildman–Crippen MR) is 92.1 cm³/mol. The van der Waals surface area contributed by atoms with Gasteiger partial charge in [-0.15, -0.1) is 5.10 Å². The Morgan fingerprint density at radius 3 is 2.92 bits per heavy atom. The van der Waals surface area contributed by atoms with Crippen LogP contribution >= 0.6 is 0 Å². The summed E-state index contributed by atoms with van der Waals surface area (Å²) < 4.78 is 13.7.